The number of nitrogens with one attached hydrogen (secondary N) is 1. The Kier molecular flexibility index (Phi) is 4.59. The van der Waals surface area contributed by atoms with Gasteiger partial charge in [-0.05, 0) is 40.2 Å². The van der Waals surface area contributed by atoms with E-state index in [-0.39, 0.29) is 6.09 Å². The summed E-state index contributed by atoms with van der Waals surface area (Å²) in [6.45, 7) is 10.3. The molecular formula is C12H24N2O2. The number of likely N-dealkylation sites (N-methyl/N-ethyl adjacent to an activating group) is 1. The minimum absolute atomic E-state index is 0.185. The fourth-order valence-electron chi connectivity index (χ4n) is 1.92. The number of nitrogens with zero attached hydrogens (tertiary/aromatic N) is 1. The molecule has 94 valence electrons. The maximum atomic E-state index is 11.8. The van der Waals surface area contributed by atoms with Crippen molar-refractivity contribution in [3.63, 3.8) is 0 Å². The van der Waals surface area contributed by atoms with Crippen LogP contribution in [-0.4, -0.2) is 42.3 Å². The second kappa shape index (κ2) is 5.53. The second-order valence-electron chi connectivity index (χ2n) is 5.32. The molecule has 0 saturated carbocycles. The van der Waals surface area contributed by atoms with Gasteiger partial charge in [0.05, 0.1) is 0 Å². The third-order valence-electron chi connectivity index (χ3n) is 2.57. The number of carbonyl (C=O) groups excluding carboxylic acids is 1. The van der Waals surface area contributed by atoms with Gasteiger partial charge in [0.25, 0.3) is 0 Å². The van der Waals surface area contributed by atoms with Crippen molar-refractivity contribution in [2.24, 2.45) is 0 Å². The number of rotatable bonds is 2. The summed E-state index contributed by atoms with van der Waals surface area (Å²) in [5.41, 5.74) is -0.401. The van der Waals surface area contributed by atoms with E-state index in [4.69, 9.17) is 4.74 Å². The Hall–Kier alpha value is -0.770. The van der Waals surface area contributed by atoms with Crippen LogP contribution in [-0.2, 0) is 4.74 Å². The number of hydrogen-bond donors (Lipinski definition) is 1. The normalized spacial score (nSPS) is 22.0. The van der Waals surface area contributed by atoms with E-state index in [2.05, 4.69) is 12.2 Å². The van der Waals surface area contributed by atoms with Crippen LogP contribution in [0.25, 0.3) is 0 Å². The van der Waals surface area contributed by atoms with Crippen molar-refractivity contribution in [3.8, 4) is 0 Å². The molecule has 0 spiro atoms. The molecule has 4 heteroatoms. The van der Waals surface area contributed by atoms with E-state index in [1.54, 1.807) is 0 Å². The predicted molar refractivity (Wildman–Crippen MR) is 64.5 cm³/mol. The molecule has 0 aliphatic carbocycles. The molecule has 0 aromatic rings. The van der Waals surface area contributed by atoms with Crippen LogP contribution in [0.2, 0.25) is 0 Å². The van der Waals surface area contributed by atoms with Gasteiger partial charge < -0.3 is 15.0 Å². The first kappa shape index (κ1) is 13.3. The molecule has 0 aromatic heterocycles. The van der Waals surface area contributed by atoms with Gasteiger partial charge in [-0.2, -0.15) is 0 Å². The van der Waals surface area contributed by atoms with Gasteiger partial charge in [0, 0.05) is 19.1 Å². The summed E-state index contributed by atoms with van der Waals surface area (Å²) in [7, 11) is 0. The van der Waals surface area contributed by atoms with Crippen LogP contribution in [0.4, 0.5) is 4.79 Å². The van der Waals surface area contributed by atoms with Crippen LogP contribution in [0.15, 0.2) is 0 Å². The van der Waals surface area contributed by atoms with E-state index in [0.717, 1.165) is 32.5 Å². The summed E-state index contributed by atoms with van der Waals surface area (Å²) in [4.78, 5) is 13.6. The SMILES string of the molecule is CCN[C@@H]1CCCN(C(=O)OC(C)(C)C)C1. The van der Waals surface area contributed by atoms with Crippen LogP contribution >= 0.6 is 0 Å². The number of ether oxygens (including phenoxy) is 1. The number of amides is 1. The van der Waals surface area contributed by atoms with Gasteiger partial charge in [-0.15, -0.1) is 0 Å². The predicted octanol–water partition coefficient (Wildman–Crippen LogP) is 2.00. The van der Waals surface area contributed by atoms with E-state index < -0.39 is 5.60 Å². The first-order chi connectivity index (χ1) is 7.42. The highest BCUT2D eigenvalue weighted by atomic mass is 16.6. The van der Waals surface area contributed by atoms with Crippen molar-refractivity contribution in [1.29, 1.82) is 0 Å². The quantitative estimate of drug-likeness (QED) is 0.786. The Morgan fingerprint density at radius 3 is 2.75 bits per heavy atom. The summed E-state index contributed by atoms with van der Waals surface area (Å²) >= 11 is 0. The topological polar surface area (TPSA) is 41.6 Å². The van der Waals surface area contributed by atoms with Gasteiger partial charge in [-0.1, -0.05) is 6.92 Å². The Morgan fingerprint density at radius 2 is 2.19 bits per heavy atom. The maximum absolute atomic E-state index is 11.8. The number of hydrogen-bond acceptors (Lipinski definition) is 3. The van der Waals surface area contributed by atoms with Crippen molar-refractivity contribution < 1.29 is 9.53 Å². The Bertz CT molecular complexity index is 234. The monoisotopic (exact) mass is 228 g/mol. The largest absolute Gasteiger partial charge is 0.444 e. The van der Waals surface area contributed by atoms with Crippen molar-refractivity contribution in [2.75, 3.05) is 19.6 Å². The van der Waals surface area contributed by atoms with Crippen LogP contribution in [0.5, 0.6) is 0 Å². The fourth-order valence-corrected chi connectivity index (χ4v) is 1.92. The molecule has 1 heterocycles. The van der Waals surface area contributed by atoms with E-state index in [9.17, 15) is 4.79 Å². The number of piperidine rings is 1. The minimum atomic E-state index is -0.401. The van der Waals surface area contributed by atoms with Crippen molar-refractivity contribution in [1.82, 2.24) is 10.2 Å². The highest BCUT2D eigenvalue weighted by molar-refractivity contribution is 5.68. The molecule has 1 rings (SSSR count). The average molecular weight is 228 g/mol. The third-order valence-corrected chi connectivity index (χ3v) is 2.57. The Morgan fingerprint density at radius 1 is 1.50 bits per heavy atom. The molecule has 1 fully saturated rings. The maximum Gasteiger partial charge on any atom is 0.410 e. The molecule has 1 N–H and O–H groups in total. The molecular weight excluding hydrogens is 204 g/mol. The summed E-state index contributed by atoms with van der Waals surface area (Å²) in [5.74, 6) is 0. The lowest BCUT2D eigenvalue weighted by atomic mass is 10.1. The molecule has 0 unspecified atom stereocenters. The molecule has 1 amide bonds. The molecule has 1 atom stereocenters. The first-order valence-electron chi connectivity index (χ1n) is 6.13. The van der Waals surface area contributed by atoms with Crippen LogP contribution in [0.1, 0.15) is 40.5 Å². The average Bonchev–Trinajstić information content (AvgIpc) is 2.16. The minimum Gasteiger partial charge on any atom is -0.444 e. The smallest absolute Gasteiger partial charge is 0.410 e. The van der Waals surface area contributed by atoms with Crippen molar-refractivity contribution in [2.45, 2.75) is 52.2 Å². The summed E-state index contributed by atoms with van der Waals surface area (Å²) < 4.78 is 5.36. The standard InChI is InChI=1S/C12H24N2O2/c1-5-13-10-7-6-8-14(9-10)11(15)16-12(2,3)4/h10,13H,5-9H2,1-4H3/t10-/m1/s1. The van der Waals surface area contributed by atoms with Crippen LogP contribution in [0.3, 0.4) is 0 Å². The first-order valence-corrected chi connectivity index (χ1v) is 6.13. The van der Waals surface area contributed by atoms with E-state index in [0.29, 0.717) is 6.04 Å². The highest BCUT2D eigenvalue weighted by Crippen LogP contribution is 2.15. The zero-order valence-electron chi connectivity index (χ0n) is 10.9. The molecule has 4 nitrogen and oxygen atoms in total. The molecule has 1 aliphatic rings. The molecule has 0 bridgehead atoms. The molecule has 0 radical (unpaired) electrons. The van der Waals surface area contributed by atoms with Gasteiger partial charge in [0.1, 0.15) is 5.60 Å². The number of carbonyl (C=O) groups is 1. The van der Waals surface area contributed by atoms with E-state index in [1.165, 1.54) is 0 Å². The Balaban J connectivity index is 2.44. The highest BCUT2D eigenvalue weighted by Gasteiger charge is 2.26. The number of likely N-dealkylation sites (tertiary alicyclic amines) is 1. The van der Waals surface area contributed by atoms with E-state index in [1.807, 2.05) is 25.7 Å². The Labute approximate surface area is 98.3 Å². The summed E-state index contributed by atoms with van der Waals surface area (Å²) in [6, 6.07) is 0.422. The molecule has 16 heavy (non-hydrogen) atoms. The molecule has 1 aliphatic heterocycles. The summed E-state index contributed by atoms with van der Waals surface area (Å²) in [6.07, 6.45) is 2.01. The lowest BCUT2D eigenvalue weighted by Crippen LogP contribution is -2.49. The molecule has 1 saturated heterocycles. The van der Waals surface area contributed by atoms with Crippen LogP contribution in [0, 0.1) is 0 Å². The zero-order valence-corrected chi connectivity index (χ0v) is 10.9. The van der Waals surface area contributed by atoms with Crippen molar-refractivity contribution in [3.05, 3.63) is 0 Å². The van der Waals surface area contributed by atoms with Gasteiger partial charge in [0.2, 0.25) is 0 Å². The summed E-state index contributed by atoms with van der Waals surface area (Å²) in [5, 5.41) is 3.38. The van der Waals surface area contributed by atoms with Crippen LogP contribution < -0.4 is 5.32 Å². The lowest BCUT2D eigenvalue weighted by molar-refractivity contribution is 0.0188. The second-order valence-corrected chi connectivity index (χ2v) is 5.32. The zero-order chi connectivity index (χ0) is 12.2. The van der Waals surface area contributed by atoms with Crippen molar-refractivity contribution >= 4 is 6.09 Å². The third kappa shape index (κ3) is 4.39. The van der Waals surface area contributed by atoms with E-state index >= 15 is 0 Å². The fraction of sp³-hybridized carbons (Fsp3) is 0.917. The molecule has 0 aromatic carbocycles. The lowest BCUT2D eigenvalue weighted by Gasteiger charge is -2.34. The van der Waals surface area contributed by atoms with Gasteiger partial charge in [-0.25, -0.2) is 4.79 Å². The van der Waals surface area contributed by atoms with Gasteiger partial charge in [0.15, 0.2) is 0 Å². The van der Waals surface area contributed by atoms with Gasteiger partial charge >= 0.3 is 6.09 Å². The van der Waals surface area contributed by atoms with Gasteiger partial charge in [-0.3, -0.25) is 0 Å².